The van der Waals surface area contributed by atoms with E-state index in [1.807, 2.05) is 0 Å². The van der Waals surface area contributed by atoms with Crippen LogP contribution in [0, 0.1) is 10.8 Å². The van der Waals surface area contributed by atoms with E-state index >= 15 is 0 Å². The Bertz CT molecular complexity index is 470. The Morgan fingerprint density at radius 2 is 1.86 bits per heavy atom. The molecule has 3 N–H and O–H groups in total. The molecule has 0 aromatic heterocycles. The number of benzene rings is 1. The molecule has 0 saturated carbocycles. The Labute approximate surface area is 82.0 Å². The Balaban J connectivity index is 2.61. The molecule has 0 radical (unpaired) electrons. The van der Waals surface area contributed by atoms with Crippen molar-refractivity contribution >= 4 is 22.9 Å². The van der Waals surface area contributed by atoms with Crippen molar-refractivity contribution in [1.82, 2.24) is 0 Å². The van der Waals surface area contributed by atoms with Crippen molar-refractivity contribution in [1.29, 1.82) is 10.8 Å². The van der Waals surface area contributed by atoms with Crippen LogP contribution in [0.25, 0.3) is 0 Å². The van der Waals surface area contributed by atoms with Crippen LogP contribution >= 0.6 is 0 Å². The van der Waals surface area contributed by atoms with E-state index < -0.39 is 11.1 Å². The van der Waals surface area contributed by atoms with Crippen molar-refractivity contribution in [2.24, 2.45) is 0 Å². The minimum atomic E-state index is -2.07. The molecular weight excluding hydrogens is 204 g/mol. The molecule has 1 heterocycles. The fourth-order valence-corrected chi connectivity index (χ4v) is 1.63. The quantitative estimate of drug-likeness (QED) is 0.602. The molecule has 1 aromatic rings. The Hall–Kier alpha value is -1.53. The van der Waals surface area contributed by atoms with Gasteiger partial charge < -0.3 is 9.29 Å². The van der Waals surface area contributed by atoms with Crippen molar-refractivity contribution in [3.05, 3.63) is 29.3 Å². The van der Waals surface area contributed by atoms with E-state index in [0.29, 0.717) is 11.1 Å². The predicted molar refractivity (Wildman–Crippen MR) is 50.2 cm³/mol. The number of fused-ring (bicyclic) bond motifs is 1. The third kappa shape index (κ3) is 1.24. The van der Waals surface area contributed by atoms with E-state index in [4.69, 9.17) is 20.1 Å². The lowest BCUT2D eigenvalue weighted by Crippen LogP contribution is -1.97. The number of nitrogens with one attached hydrogen (secondary N) is 2. The van der Waals surface area contributed by atoms with Crippen LogP contribution in [-0.2, 0) is 15.8 Å². The molecule has 0 aliphatic carbocycles. The van der Waals surface area contributed by atoms with Crippen LogP contribution in [0.1, 0.15) is 11.1 Å². The number of rotatable bonds is 1. The van der Waals surface area contributed by atoms with Gasteiger partial charge in [-0.1, -0.05) is 0 Å². The molecular formula is C8H6N2O3S. The van der Waals surface area contributed by atoms with E-state index in [-0.39, 0.29) is 16.7 Å². The molecule has 5 nitrogen and oxygen atoms in total. The van der Waals surface area contributed by atoms with Gasteiger partial charge in [-0.3, -0.25) is 10.8 Å². The van der Waals surface area contributed by atoms with Gasteiger partial charge in [0.1, 0.15) is 0 Å². The Kier molecular flexibility index (Phi) is 1.94. The highest BCUT2D eigenvalue weighted by Crippen LogP contribution is 2.21. The van der Waals surface area contributed by atoms with Gasteiger partial charge in [0.25, 0.3) is 0 Å². The fourth-order valence-electron chi connectivity index (χ4n) is 1.23. The van der Waals surface area contributed by atoms with Crippen molar-refractivity contribution in [2.45, 2.75) is 4.90 Å². The van der Waals surface area contributed by atoms with Gasteiger partial charge in [-0.25, -0.2) is 4.21 Å². The third-order valence-electron chi connectivity index (χ3n) is 1.89. The minimum Gasteiger partial charge on any atom is -0.421 e. The summed E-state index contributed by atoms with van der Waals surface area (Å²) < 4.78 is 24.3. The van der Waals surface area contributed by atoms with Gasteiger partial charge in [-0.05, 0) is 18.2 Å². The van der Waals surface area contributed by atoms with Crippen molar-refractivity contribution in [2.75, 3.05) is 0 Å². The van der Waals surface area contributed by atoms with Crippen molar-refractivity contribution in [3.8, 4) is 0 Å². The van der Waals surface area contributed by atoms with E-state index in [2.05, 4.69) is 0 Å². The first-order valence-electron chi connectivity index (χ1n) is 3.70. The predicted octanol–water partition coefficient (Wildman–Crippen LogP) is 0.948. The van der Waals surface area contributed by atoms with Crippen LogP contribution in [0.5, 0.6) is 0 Å². The van der Waals surface area contributed by atoms with Crippen LogP contribution in [0.4, 0.5) is 0 Å². The van der Waals surface area contributed by atoms with Crippen LogP contribution in [0.15, 0.2) is 23.1 Å². The molecule has 1 atom stereocenters. The standard InChI is InChI=1S/C8H6N2O3S/c9-7-5-2-1-4(14(11)12)3-6(5)8(10)13-7/h1-3,9-10H,(H,11,12). The maximum Gasteiger partial charge on any atom is 0.222 e. The monoisotopic (exact) mass is 210 g/mol. The van der Waals surface area contributed by atoms with Crippen LogP contribution in [0.2, 0.25) is 0 Å². The van der Waals surface area contributed by atoms with E-state index in [1.165, 1.54) is 18.2 Å². The van der Waals surface area contributed by atoms with Gasteiger partial charge in [0, 0.05) is 5.56 Å². The van der Waals surface area contributed by atoms with E-state index in [1.54, 1.807) is 0 Å². The topological polar surface area (TPSA) is 94.2 Å². The summed E-state index contributed by atoms with van der Waals surface area (Å²) in [6.45, 7) is 0. The molecule has 0 fully saturated rings. The summed E-state index contributed by atoms with van der Waals surface area (Å²) in [6.07, 6.45) is 0. The molecule has 0 bridgehead atoms. The Morgan fingerprint density at radius 1 is 1.21 bits per heavy atom. The van der Waals surface area contributed by atoms with Gasteiger partial charge in [0.2, 0.25) is 11.8 Å². The molecule has 0 amide bonds. The van der Waals surface area contributed by atoms with Crippen molar-refractivity contribution < 1.29 is 13.5 Å². The summed E-state index contributed by atoms with van der Waals surface area (Å²) in [5, 5.41) is 14.7. The first kappa shape index (κ1) is 9.04. The molecule has 0 spiro atoms. The highest BCUT2D eigenvalue weighted by Gasteiger charge is 2.24. The van der Waals surface area contributed by atoms with E-state index in [0.717, 1.165) is 0 Å². The van der Waals surface area contributed by atoms with Gasteiger partial charge in [-0.15, -0.1) is 0 Å². The summed E-state index contributed by atoms with van der Waals surface area (Å²) in [6, 6.07) is 4.32. The highest BCUT2D eigenvalue weighted by molar-refractivity contribution is 7.79. The normalized spacial score (nSPS) is 16.4. The number of ether oxygens (including phenoxy) is 1. The fraction of sp³-hybridized carbons (Fsp3) is 0. The van der Waals surface area contributed by atoms with Gasteiger partial charge in [0.05, 0.1) is 10.5 Å². The third-order valence-corrected chi connectivity index (χ3v) is 2.54. The maximum atomic E-state index is 10.7. The molecule has 1 unspecified atom stereocenters. The van der Waals surface area contributed by atoms with Crippen LogP contribution < -0.4 is 0 Å². The largest absolute Gasteiger partial charge is 0.421 e. The molecule has 6 heteroatoms. The Morgan fingerprint density at radius 3 is 2.50 bits per heavy atom. The van der Waals surface area contributed by atoms with Crippen molar-refractivity contribution in [3.63, 3.8) is 0 Å². The molecule has 1 aliphatic rings. The average Bonchev–Trinajstić information content (AvgIpc) is 2.42. The van der Waals surface area contributed by atoms with Gasteiger partial charge >= 0.3 is 0 Å². The molecule has 0 saturated heterocycles. The first-order valence-corrected chi connectivity index (χ1v) is 4.81. The highest BCUT2D eigenvalue weighted by atomic mass is 32.2. The summed E-state index contributed by atoms with van der Waals surface area (Å²) in [4.78, 5) is 0.201. The SMILES string of the molecule is N=C1OC(=N)c2cc(S(=O)O)ccc21. The average molecular weight is 210 g/mol. The zero-order valence-electron chi connectivity index (χ0n) is 6.90. The summed E-state index contributed by atoms with van der Waals surface area (Å²) in [5.74, 6) is -0.252. The van der Waals surface area contributed by atoms with Gasteiger partial charge in [0.15, 0.2) is 11.1 Å². The smallest absolute Gasteiger partial charge is 0.222 e. The number of hydrogen-bond donors (Lipinski definition) is 3. The second-order valence-electron chi connectivity index (χ2n) is 2.72. The zero-order chi connectivity index (χ0) is 10.3. The van der Waals surface area contributed by atoms with E-state index in [9.17, 15) is 4.21 Å². The van der Waals surface area contributed by atoms with Gasteiger partial charge in [-0.2, -0.15) is 0 Å². The maximum absolute atomic E-state index is 10.7. The molecule has 14 heavy (non-hydrogen) atoms. The lowest BCUT2D eigenvalue weighted by Gasteiger charge is -1.97. The summed E-state index contributed by atoms with van der Waals surface area (Å²) in [7, 11) is 0. The van der Waals surface area contributed by atoms with Crippen LogP contribution in [0.3, 0.4) is 0 Å². The second kappa shape index (κ2) is 3.00. The lowest BCUT2D eigenvalue weighted by molar-refractivity contribution is 0.553. The second-order valence-corrected chi connectivity index (χ2v) is 3.69. The minimum absolute atomic E-state index is 0.0970. The molecule has 1 aromatic carbocycles. The lowest BCUT2D eigenvalue weighted by atomic mass is 10.1. The zero-order valence-corrected chi connectivity index (χ0v) is 7.72. The molecule has 72 valence electrons. The number of hydrogen-bond acceptors (Lipinski definition) is 4. The summed E-state index contributed by atoms with van der Waals surface area (Å²) >= 11 is -2.07. The van der Waals surface area contributed by atoms with Crippen LogP contribution in [-0.4, -0.2) is 20.6 Å². The molecule has 1 aliphatic heterocycles. The summed E-state index contributed by atoms with van der Waals surface area (Å²) in [5.41, 5.74) is 0.860. The molecule has 2 rings (SSSR count). The first-order chi connectivity index (χ1) is 6.59.